The Morgan fingerprint density at radius 2 is 1.95 bits per heavy atom. The van der Waals surface area contributed by atoms with Crippen LogP contribution in [0.4, 0.5) is 0 Å². The number of hydrogen-bond donors (Lipinski definition) is 1. The Labute approximate surface area is 120 Å². The van der Waals surface area contributed by atoms with E-state index in [0.29, 0.717) is 23.7 Å². The van der Waals surface area contributed by atoms with Crippen molar-refractivity contribution in [2.45, 2.75) is 6.61 Å². The maximum Gasteiger partial charge on any atom is 0.335 e. The van der Waals surface area contributed by atoms with Gasteiger partial charge in [0.25, 0.3) is 0 Å². The lowest BCUT2D eigenvalue weighted by Crippen LogP contribution is -1.99. The minimum Gasteiger partial charge on any atom is -0.489 e. The molecule has 3 rings (SSSR count). The van der Waals surface area contributed by atoms with Crippen molar-refractivity contribution in [1.82, 2.24) is 0 Å². The Kier molecular flexibility index (Phi) is 3.31. The minimum atomic E-state index is -0.956. The normalized spacial score (nSPS) is 12.7. The standard InChI is InChI=1S/C16H12O5/c17-14-9-21-15-7-12(5-6-13(14)15)20-8-10-1-3-11(4-2-10)16(18)19/h1-7H,8-9H2,(H,18,19). The van der Waals surface area contributed by atoms with Gasteiger partial charge in [-0.05, 0) is 29.8 Å². The van der Waals surface area contributed by atoms with Gasteiger partial charge in [-0.15, -0.1) is 0 Å². The molecule has 0 aromatic heterocycles. The maximum absolute atomic E-state index is 11.4. The molecule has 1 heterocycles. The molecular weight excluding hydrogens is 272 g/mol. The van der Waals surface area contributed by atoms with Crippen LogP contribution in [0.2, 0.25) is 0 Å². The Hall–Kier alpha value is -2.82. The number of rotatable bonds is 4. The lowest BCUT2D eigenvalue weighted by atomic mass is 10.1. The molecule has 5 heteroatoms. The van der Waals surface area contributed by atoms with E-state index in [1.54, 1.807) is 30.3 Å². The third-order valence-corrected chi connectivity index (χ3v) is 3.22. The van der Waals surface area contributed by atoms with Crippen molar-refractivity contribution in [1.29, 1.82) is 0 Å². The molecule has 106 valence electrons. The van der Waals surface area contributed by atoms with E-state index in [-0.39, 0.29) is 18.0 Å². The molecular formula is C16H12O5. The van der Waals surface area contributed by atoms with Crippen LogP contribution in [0.5, 0.6) is 11.5 Å². The van der Waals surface area contributed by atoms with E-state index in [1.807, 2.05) is 0 Å². The molecule has 1 aliphatic rings. The van der Waals surface area contributed by atoms with E-state index in [4.69, 9.17) is 14.6 Å². The summed E-state index contributed by atoms with van der Waals surface area (Å²) in [7, 11) is 0. The molecule has 0 fully saturated rings. The summed E-state index contributed by atoms with van der Waals surface area (Å²) < 4.78 is 10.9. The van der Waals surface area contributed by atoms with Gasteiger partial charge in [-0.3, -0.25) is 4.79 Å². The van der Waals surface area contributed by atoms with Crippen LogP contribution in [0.1, 0.15) is 26.3 Å². The van der Waals surface area contributed by atoms with Gasteiger partial charge in [-0.1, -0.05) is 12.1 Å². The molecule has 5 nitrogen and oxygen atoms in total. The fraction of sp³-hybridized carbons (Fsp3) is 0.125. The average molecular weight is 284 g/mol. The Morgan fingerprint density at radius 3 is 2.67 bits per heavy atom. The smallest absolute Gasteiger partial charge is 0.335 e. The monoisotopic (exact) mass is 284 g/mol. The van der Waals surface area contributed by atoms with Crippen LogP contribution in [0, 0.1) is 0 Å². The van der Waals surface area contributed by atoms with Crippen LogP contribution in [0.25, 0.3) is 0 Å². The first-order chi connectivity index (χ1) is 10.1. The zero-order valence-electron chi connectivity index (χ0n) is 11.0. The molecule has 2 aromatic carbocycles. The van der Waals surface area contributed by atoms with Crippen molar-refractivity contribution >= 4 is 11.8 Å². The summed E-state index contributed by atoms with van der Waals surface area (Å²) in [5, 5.41) is 8.82. The predicted octanol–water partition coefficient (Wildman–Crippen LogP) is 2.54. The lowest BCUT2D eigenvalue weighted by molar-refractivity contribution is 0.0696. The van der Waals surface area contributed by atoms with Gasteiger partial charge in [0.15, 0.2) is 6.61 Å². The number of benzene rings is 2. The number of carbonyl (C=O) groups is 2. The number of ether oxygens (including phenoxy) is 2. The number of hydrogen-bond acceptors (Lipinski definition) is 4. The highest BCUT2D eigenvalue weighted by Crippen LogP contribution is 2.29. The Balaban J connectivity index is 1.68. The summed E-state index contributed by atoms with van der Waals surface area (Å²) in [6.45, 7) is 0.391. The highest BCUT2D eigenvalue weighted by Gasteiger charge is 2.21. The molecule has 0 spiro atoms. The molecule has 0 aliphatic carbocycles. The van der Waals surface area contributed by atoms with Crippen molar-refractivity contribution in [3.05, 3.63) is 59.2 Å². The van der Waals surface area contributed by atoms with Crippen LogP contribution < -0.4 is 9.47 Å². The second-order valence-corrected chi connectivity index (χ2v) is 4.66. The first-order valence-electron chi connectivity index (χ1n) is 6.38. The zero-order chi connectivity index (χ0) is 14.8. The molecule has 0 bridgehead atoms. The number of aromatic carboxylic acids is 1. The van der Waals surface area contributed by atoms with Gasteiger partial charge < -0.3 is 14.6 Å². The van der Waals surface area contributed by atoms with E-state index in [1.165, 1.54) is 12.1 Å². The van der Waals surface area contributed by atoms with E-state index < -0.39 is 5.97 Å². The van der Waals surface area contributed by atoms with Crippen LogP contribution in [0.15, 0.2) is 42.5 Å². The molecule has 1 aliphatic heterocycles. The van der Waals surface area contributed by atoms with Crippen LogP contribution in [-0.2, 0) is 6.61 Å². The predicted molar refractivity (Wildman–Crippen MR) is 74.0 cm³/mol. The summed E-state index contributed by atoms with van der Waals surface area (Å²) in [5.41, 5.74) is 1.67. The molecule has 0 saturated carbocycles. The molecule has 1 N–H and O–H groups in total. The van der Waals surface area contributed by atoms with Gasteiger partial charge in [0.2, 0.25) is 5.78 Å². The van der Waals surface area contributed by atoms with Gasteiger partial charge in [0.05, 0.1) is 11.1 Å². The summed E-state index contributed by atoms with van der Waals surface area (Å²) in [4.78, 5) is 22.2. The molecule has 0 radical (unpaired) electrons. The molecule has 0 atom stereocenters. The van der Waals surface area contributed by atoms with Crippen molar-refractivity contribution in [3.63, 3.8) is 0 Å². The van der Waals surface area contributed by atoms with Crippen molar-refractivity contribution < 1.29 is 24.2 Å². The number of carbonyl (C=O) groups excluding carboxylic acids is 1. The van der Waals surface area contributed by atoms with Crippen LogP contribution >= 0.6 is 0 Å². The van der Waals surface area contributed by atoms with Gasteiger partial charge >= 0.3 is 5.97 Å². The first kappa shape index (κ1) is 13.2. The zero-order valence-corrected chi connectivity index (χ0v) is 11.0. The largest absolute Gasteiger partial charge is 0.489 e. The summed E-state index contributed by atoms with van der Waals surface area (Å²) >= 11 is 0. The molecule has 2 aromatic rings. The highest BCUT2D eigenvalue weighted by molar-refractivity contribution is 6.02. The van der Waals surface area contributed by atoms with Crippen LogP contribution in [0.3, 0.4) is 0 Å². The minimum absolute atomic E-state index is 0.0270. The molecule has 21 heavy (non-hydrogen) atoms. The number of carboxylic acids is 1. The quantitative estimate of drug-likeness (QED) is 0.934. The Bertz CT molecular complexity index is 703. The van der Waals surface area contributed by atoms with Gasteiger partial charge in [-0.25, -0.2) is 4.79 Å². The topological polar surface area (TPSA) is 72.8 Å². The van der Waals surface area contributed by atoms with E-state index in [9.17, 15) is 9.59 Å². The fourth-order valence-electron chi connectivity index (χ4n) is 2.07. The fourth-order valence-corrected chi connectivity index (χ4v) is 2.07. The third-order valence-electron chi connectivity index (χ3n) is 3.22. The van der Waals surface area contributed by atoms with Crippen molar-refractivity contribution in [3.8, 4) is 11.5 Å². The third kappa shape index (κ3) is 2.72. The number of carboxylic acid groups (broad SMARTS) is 1. The number of ketones is 1. The molecule has 0 amide bonds. The van der Waals surface area contributed by atoms with E-state index in [2.05, 4.69) is 0 Å². The summed E-state index contributed by atoms with van der Waals surface area (Å²) in [6, 6.07) is 11.6. The van der Waals surface area contributed by atoms with E-state index in [0.717, 1.165) is 5.56 Å². The van der Waals surface area contributed by atoms with Crippen molar-refractivity contribution in [2.75, 3.05) is 6.61 Å². The SMILES string of the molecule is O=C(O)c1ccc(COc2ccc3c(c2)OCC3=O)cc1. The van der Waals surface area contributed by atoms with Gasteiger partial charge in [0.1, 0.15) is 18.1 Å². The van der Waals surface area contributed by atoms with E-state index >= 15 is 0 Å². The first-order valence-corrected chi connectivity index (χ1v) is 6.38. The summed E-state index contributed by atoms with van der Waals surface area (Å²) in [5.74, 6) is 0.160. The Morgan fingerprint density at radius 1 is 1.19 bits per heavy atom. The maximum atomic E-state index is 11.4. The highest BCUT2D eigenvalue weighted by atomic mass is 16.5. The second kappa shape index (κ2) is 5.28. The number of Topliss-reactive ketones (excluding diaryl/α,β-unsaturated/α-hetero) is 1. The average Bonchev–Trinajstić information content (AvgIpc) is 2.86. The van der Waals surface area contributed by atoms with Crippen molar-refractivity contribution in [2.24, 2.45) is 0 Å². The van der Waals surface area contributed by atoms with Crippen LogP contribution in [-0.4, -0.2) is 23.5 Å². The lowest BCUT2D eigenvalue weighted by Gasteiger charge is -2.07. The molecule has 0 saturated heterocycles. The number of fused-ring (bicyclic) bond motifs is 1. The summed E-state index contributed by atoms with van der Waals surface area (Å²) in [6.07, 6.45) is 0. The molecule has 0 unspecified atom stereocenters. The van der Waals surface area contributed by atoms with Gasteiger partial charge in [-0.2, -0.15) is 0 Å². The second-order valence-electron chi connectivity index (χ2n) is 4.66. The van der Waals surface area contributed by atoms with Gasteiger partial charge in [0, 0.05) is 6.07 Å².